The molecule has 3 rings (SSSR count). The number of aliphatic hydroxyl groups excluding tert-OH is 3. The normalized spacial score (nSPS) is 10.4. The lowest BCUT2D eigenvalue weighted by Gasteiger charge is -2.17. The second-order valence-electron chi connectivity index (χ2n) is 6.06. The highest BCUT2D eigenvalue weighted by molar-refractivity contribution is 6.39. The number of hydrogen-bond acceptors (Lipinski definition) is 6. The van der Waals surface area contributed by atoms with Crippen molar-refractivity contribution < 1.29 is 29.3 Å². The zero-order chi connectivity index (χ0) is 19.8. The fourth-order valence-electron chi connectivity index (χ4n) is 2.56. The fourth-order valence-corrected chi connectivity index (χ4v) is 2.56. The average Bonchev–Trinajstić information content (AvgIpc) is 2.74. The van der Waals surface area contributed by atoms with E-state index in [9.17, 15) is 15.3 Å². The molecule has 3 aromatic rings. The Morgan fingerprint density at radius 1 is 0.536 bits per heavy atom. The minimum Gasteiger partial charge on any atom is -0.490 e. The van der Waals surface area contributed by atoms with Gasteiger partial charge in [-0.25, -0.2) is 0 Å². The van der Waals surface area contributed by atoms with Crippen molar-refractivity contribution in [3.05, 3.63) is 89.5 Å². The lowest BCUT2D eigenvalue weighted by atomic mass is 10.1. The number of benzene rings is 3. The van der Waals surface area contributed by atoms with Crippen LogP contribution in [0.1, 0.15) is 16.7 Å². The van der Waals surface area contributed by atoms with Crippen LogP contribution in [0.15, 0.2) is 72.8 Å². The van der Waals surface area contributed by atoms with Gasteiger partial charge in [-0.1, -0.05) is 36.4 Å². The second-order valence-corrected chi connectivity index (χ2v) is 6.06. The highest BCUT2D eigenvalue weighted by Gasteiger charge is 2.30. The Morgan fingerprint density at radius 2 is 0.857 bits per heavy atom. The first-order chi connectivity index (χ1) is 13.7. The predicted octanol–water partition coefficient (Wildman–Crippen LogP) is 2.69. The van der Waals surface area contributed by atoms with Gasteiger partial charge in [0.15, 0.2) is 0 Å². The Hall–Kier alpha value is -3.00. The first kappa shape index (κ1) is 19.8. The monoisotopic (exact) mass is 380 g/mol. The molecule has 0 heterocycles. The molecule has 0 spiro atoms. The lowest BCUT2D eigenvalue weighted by Crippen LogP contribution is -2.37. The largest absolute Gasteiger partial charge is 0.864 e. The van der Waals surface area contributed by atoms with E-state index in [0.717, 1.165) is 0 Å². The van der Waals surface area contributed by atoms with Gasteiger partial charge in [-0.15, -0.1) is 0 Å². The summed E-state index contributed by atoms with van der Waals surface area (Å²) in [6.07, 6.45) is 0. The summed E-state index contributed by atoms with van der Waals surface area (Å²) in [7, 11) is -1.13. The third-order valence-electron chi connectivity index (χ3n) is 3.94. The van der Waals surface area contributed by atoms with E-state index < -0.39 is 7.32 Å². The molecule has 0 aliphatic carbocycles. The summed E-state index contributed by atoms with van der Waals surface area (Å²) in [5.41, 5.74) is 2.09. The summed E-state index contributed by atoms with van der Waals surface area (Å²) in [4.78, 5) is 0. The average molecular weight is 380 g/mol. The van der Waals surface area contributed by atoms with Gasteiger partial charge in [-0.05, 0) is 53.1 Å². The van der Waals surface area contributed by atoms with Gasteiger partial charge in [-0.2, -0.15) is 0 Å². The Balaban J connectivity index is 1.83. The summed E-state index contributed by atoms with van der Waals surface area (Å²) >= 11 is 0. The predicted molar refractivity (Wildman–Crippen MR) is 105 cm³/mol. The summed E-state index contributed by atoms with van der Waals surface area (Å²) in [5, 5.41) is 27.9. The number of rotatable bonds is 9. The van der Waals surface area contributed by atoms with Crippen molar-refractivity contribution >= 4 is 7.32 Å². The van der Waals surface area contributed by atoms with Gasteiger partial charge >= 0.3 is 7.32 Å². The van der Waals surface area contributed by atoms with Crippen LogP contribution in [0, 0.1) is 0 Å². The maximum Gasteiger partial charge on any atom is 0.864 e. The van der Waals surface area contributed by atoms with Crippen molar-refractivity contribution in [2.45, 2.75) is 19.8 Å². The molecule has 0 aliphatic heterocycles. The minimum atomic E-state index is -1.13. The van der Waals surface area contributed by atoms with Crippen LogP contribution in [-0.2, 0) is 19.8 Å². The van der Waals surface area contributed by atoms with Gasteiger partial charge in [0.05, 0.1) is 19.8 Å². The lowest BCUT2D eigenvalue weighted by molar-refractivity contribution is 0.277. The smallest absolute Gasteiger partial charge is 0.490 e. The molecule has 0 aliphatic rings. The van der Waals surface area contributed by atoms with E-state index >= 15 is 0 Å². The van der Waals surface area contributed by atoms with E-state index in [1.54, 1.807) is 72.8 Å². The van der Waals surface area contributed by atoms with Crippen LogP contribution in [0.5, 0.6) is 17.2 Å². The van der Waals surface area contributed by atoms with E-state index in [1.807, 2.05) is 0 Å². The molecule has 0 radical (unpaired) electrons. The van der Waals surface area contributed by atoms with Crippen LogP contribution in [0.2, 0.25) is 0 Å². The van der Waals surface area contributed by atoms with Gasteiger partial charge in [0.25, 0.3) is 0 Å². The number of hydrogen-bond donors (Lipinski definition) is 3. The van der Waals surface area contributed by atoms with Crippen molar-refractivity contribution in [2.24, 2.45) is 0 Å². The molecule has 144 valence electrons. The van der Waals surface area contributed by atoms with Gasteiger partial charge in [0.2, 0.25) is 0 Å². The van der Waals surface area contributed by atoms with E-state index in [4.69, 9.17) is 14.0 Å². The van der Waals surface area contributed by atoms with Crippen molar-refractivity contribution in [2.75, 3.05) is 0 Å². The second kappa shape index (κ2) is 9.80. The Bertz CT molecular complexity index is 784. The standard InChI is InChI=1S/C21H21BO6/c23-13-16-4-1-7-19(10-16)26-22(27-20-8-2-5-17(11-20)14-24)28-21-9-3-6-18(12-21)15-25/h1-12,23-25H,13-15H2. The quantitative estimate of drug-likeness (QED) is 0.495. The van der Waals surface area contributed by atoms with E-state index in [-0.39, 0.29) is 19.8 Å². The first-order valence-electron chi connectivity index (χ1n) is 8.79. The molecule has 3 aromatic carbocycles. The highest BCUT2D eigenvalue weighted by atomic mass is 16.7. The van der Waals surface area contributed by atoms with Crippen molar-refractivity contribution in [1.82, 2.24) is 0 Å². The van der Waals surface area contributed by atoms with Gasteiger partial charge < -0.3 is 29.3 Å². The van der Waals surface area contributed by atoms with Crippen LogP contribution in [-0.4, -0.2) is 22.6 Å². The van der Waals surface area contributed by atoms with Crippen LogP contribution in [0.3, 0.4) is 0 Å². The molecule has 6 nitrogen and oxygen atoms in total. The van der Waals surface area contributed by atoms with Gasteiger partial charge in [-0.3, -0.25) is 0 Å². The molecule has 0 atom stereocenters. The Labute approximate surface area is 163 Å². The third kappa shape index (κ3) is 5.50. The van der Waals surface area contributed by atoms with Crippen LogP contribution in [0.4, 0.5) is 0 Å². The third-order valence-corrected chi connectivity index (χ3v) is 3.94. The van der Waals surface area contributed by atoms with Crippen LogP contribution >= 0.6 is 0 Å². The Morgan fingerprint density at radius 3 is 1.14 bits per heavy atom. The SMILES string of the molecule is OCc1cccc(OB(Oc2cccc(CO)c2)Oc2cccc(CO)c2)c1. The van der Waals surface area contributed by atoms with Crippen LogP contribution in [0.25, 0.3) is 0 Å². The van der Waals surface area contributed by atoms with E-state index in [1.165, 1.54) is 0 Å². The molecular formula is C21H21BO6. The van der Waals surface area contributed by atoms with Gasteiger partial charge in [0, 0.05) is 0 Å². The molecule has 7 heteroatoms. The number of aliphatic hydroxyl groups is 3. The molecule has 28 heavy (non-hydrogen) atoms. The first-order valence-corrected chi connectivity index (χ1v) is 8.79. The summed E-state index contributed by atoms with van der Waals surface area (Å²) < 4.78 is 17.5. The molecular weight excluding hydrogens is 359 g/mol. The maximum absolute atomic E-state index is 9.32. The van der Waals surface area contributed by atoms with E-state index in [2.05, 4.69) is 0 Å². The van der Waals surface area contributed by atoms with Crippen molar-refractivity contribution in [3.63, 3.8) is 0 Å². The highest BCUT2D eigenvalue weighted by Crippen LogP contribution is 2.21. The molecule has 0 saturated heterocycles. The van der Waals surface area contributed by atoms with Crippen molar-refractivity contribution in [3.8, 4) is 17.2 Å². The minimum absolute atomic E-state index is 0.110. The maximum atomic E-state index is 9.32. The zero-order valence-corrected chi connectivity index (χ0v) is 15.2. The molecule has 0 unspecified atom stereocenters. The molecule has 3 N–H and O–H groups in total. The van der Waals surface area contributed by atoms with E-state index in [0.29, 0.717) is 33.9 Å². The molecule has 0 aromatic heterocycles. The fraction of sp³-hybridized carbons (Fsp3) is 0.143. The molecule has 0 saturated carbocycles. The summed E-state index contributed by atoms with van der Waals surface area (Å²) in [6, 6.07) is 20.9. The topological polar surface area (TPSA) is 88.4 Å². The Kier molecular flexibility index (Phi) is 6.92. The van der Waals surface area contributed by atoms with Gasteiger partial charge in [0.1, 0.15) is 17.2 Å². The molecule has 0 bridgehead atoms. The zero-order valence-electron chi connectivity index (χ0n) is 15.2. The molecule has 0 fully saturated rings. The summed E-state index contributed by atoms with van der Waals surface area (Å²) in [6.45, 7) is -0.331. The van der Waals surface area contributed by atoms with Crippen molar-refractivity contribution in [1.29, 1.82) is 0 Å². The summed E-state index contributed by atoms with van der Waals surface area (Å²) in [5.74, 6) is 1.40. The van der Waals surface area contributed by atoms with Crippen LogP contribution < -0.4 is 14.0 Å². The molecule has 0 amide bonds.